The average molecular weight is 518 g/mol. The highest BCUT2D eigenvalue weighted by molar-refractivity contribution is 7.92. The molecule has 2 aromatic carbocycles. The number of para-hydroxylation sites is 2. The van der Waals surface area contributed by atoms with E-state index in [1.165, 1.54) is 17.5 Å². The van der Waals surface area contributed by atoms with E-state index in [0.29, 0.717) is 34.6 Å². The lowest BCUT2D eigenvalue weighted by atomic mass is 10.2. The van der Waals surface area contributed by atoms with Crippen molar-refractivity contribution in [2.24, 2.45) is 0 Å². The number of halogens is 1. The smallest absolute Gasteiger partial charge is 0.232 e. The molecule has 4 rings (SSSR count). The van der Waals surface area contributed by atoms with Gasteiger partial charge in [0.1, 0.15) is 10.8 Å². The molecular formula is C23H28ClN7O3S. The van der Waals surface area contributed by atoms with Gasteiger partial charge in [0.15, 0.2) is 5.82 Å². The van der Waals surface area contributed by atoms with Crippen molar-refractivity contribution in [1.29, 1.82) is 0 Å². The van der Waals surface area contributed by atoms with Crippen molar-refractivity contribution in [3.05, 3.63) is 53.7 Å². The van der Waals surface area contributed by atoms with Crippen LogP contribution in [0.3, 0.4) is 0 Å². The number of nitrogens with zero attached hydrogens (tertiary/aromatic N) is 4. The lowest BCUT2D eigenvalue weighted by Gasteiger charge is -2.30. The summed E-state index contributed by atoms with van der Waals surface area (Å²) in [5.74, 6) is 1.29. The van der Waals surface area contributed by atoms with Crippen molar-refractivity contribution < 1.29 is 13.2 Å². The van der Waals surface area contributed by atoms with Crippen LogP contribution in [0.15, 0.2) is 48.7 Å². The van der Waals surface area contributed by atoms with E-state index in [2.05, 4.69) is 30.8 Å². The average Bonchev–Trinajstić information content (AvgIpc) is 2.86. The Balaban J connectivity index is 1.58. The third-order valence-electron chi connectivity index (χ3n) is 5.65. The van der Waals surface area contributed by atoms with Gasteiger partial charge in [-0.1, -0.05) is 23.7 Å². The molecule has 0 saturated carbocycles. The summed E-state index contributed by atoms with van der Waals surface area (Å²) in [6, 6.07) is 12.9. The highest BCUT2D eigenvalue weighted by atomic mass is 35.5. The Kier molecular flexibility index (Phi) is 7.48. The zero-order valence-electron chi connectivity index (χ0n) is 19.7. The minimum Gasteiger partial charge on any atom is -0.494 e. The van der Waals surface area contributed by atoms with E-state index in [1.807, 2.05) is 18.2 Å². The topological polar surface area (TPSA) is 112 Å². The Bertz CT molecular complexity index is 1300. The molecule has 1 aromatic heterocycles. The van der Waals surface area contributed by atoms with Gasteiger partial charge in [-0.15, -0.1) is 0 Å². The number of methoxy groups -OCH3 is 1. The van der Waals surface area contributed by atoms with Gasteiger partial charge in [-0.2, -0.15) is 4.98 Å². The molecule has 0 bridgehead atoms. The lowest BCUT2D eigenvalue weighted by molar-refractivity contribution is 0.416. The summed E-state index contributed by atoms with van der Waals surface area (Å²) >= 11 is 6.35. The molecule has 0 atom stereocenters. The van der Waals surface area contributed by atoms with Gasteiger partial charge in [-0.05, 0) is 24.3 Å². The van der Waals surface area contributed by atoms with Crippen molar-refractivity contribution in [2.45, 2.75) is 0 Å². The second-order valence-electron chi connectivity index (χ2n) is 8.01. The van der Waals surface area contributed by atoms with E-state index in [1.54, 1.807) is 31.4 Å². The first-order valence-corrected chi connectivity index (χ1v) is 13.2. The summed E-state index contributed by atoms with van der Waals surface area (Å²) in [5, 5.41) is 9.95. The molecule has 2 heterocycles. The number of rotatable bonds is 8. The van der Waals surface area contributed by atoms with Gasteiger partial charge in [-0.25, -0.2) is 13.4 Å². The molecule has 1 fully saturated rings. The number of aromatic nitrogens is 2. The van der Waals surface area contributed by atoms with Crippen LogP contribution >= 0.6 is 11.6 Å². The van der Waals surface area contributed by atoms with Gasteiger partial charge in [0.25, 0.3) is 0 Å². The van der Waals surface area contributed by atoms with Crippen LogP contribution in [0.25, 0.3) is 0 Å². The van der Waals surface area contributed by atoms with Crippen molar-refractivity contribution in [2.75, 3.05) is 66.4 Å². The summed E-state index contributed by atoms with van der Waals surface area (Å²) in [6.07, 6.45) is 2.62. The van der Waals surface area contributed by atoms with Gasteiger partial charge in [-0.3, -0.25) is 4.31 Å². The molecule has 0 radical (unpaired) electrons. The summed E-state index contributed by atoms with van der Waals surface area (Å²) in [5.41, 5.74) is 2.78. The van der Waals surface area contributed by atoms with Crippen molar-refractivity contribution in [1.82, 2.24) is 15.3 Å². The van der Waals surface area contributed by atoms with Crippen LogP contribution in [0.5, 0.6) is 5.75 Å². The van der Waals surface area contributed by atoms with E-state index in [0.717, 1.165) is 38.1 Å². The van der Waals surface area contributed by atoms with Crippen LogP contribution in [-0.4, -0.2) is 65.0 Å². The number of nitrogens with one attached hydrogen (secondary N) is 3. The van der Waals surface area contributed by atoms with E-state index in [-0.39, 0.29) is 5.02 Å². The highest BCUT2D eigenvalue weighted by Gasteiger charge is 2.18. The molecule has 0 unspecified atom stereocenters. The van der Waals surface area contributed by atoms with Gasteiger partial charge >= 0.3 is 0 Å². The molecule has 186 valence electrons. The first-order valence-electron chi connectivity index (χ1n) is 11.0. The number of sulfonamides is 1. The minimum absolute atomic E-state index is 0.286. The van der Waals surface area contributed by atoms with E-state index >= 15 is 0 Å². The Morgan fingerprint density at radius 2 is 1.86 bits per heavy atom. The number of hydrogen-bond acceptors (Lipinski definition) is 9. The summed E-state index contributed by atoms with van der Waals surface area (Å²) < 4.78 is 30.9. The Hall–Kier alpha value is -3.28. The fraction of sp³-hybridized carbons (Fsp3) is 0.304. The van der Waals surface area contributed by atoms with E-state index in [4.69, 9.17) is 16.3 Å². The van der Waals surface area contributed by atoms with Crippen LogP contribution in [-0.2, 0) is 10.0 Å². The van der Waals surface area contributed by atoms with Crippen LogP contribution < -0.4 is 29.9 Å². The highest BCUT2D eigenvalue weighted by Crippen LogP contribution is 2.34. The van der Waals surface area contributed by atoms with Crippen LogP contribution in [0.4, 0.5) is 34.5 Å². The molecule has 0 amide bonds. The second-order valence-corrected chi connectivity index (χ2v) is 10.4. The summed E-state index contributed by atoms with van der Waals surface area (Å²) in [4.78, 5) is 11.1. The Morgan fingerprint density at radius 1 is 1.11 bits per heavy atom. The fourth-order valence-corrected chi connectivity index (χ4v) is 4.35. The van der Waals surface area contributed by atoms with Crippen molar-refractivity contribution in [3.63, 3.8) is 0 Å². The zero-order valence-corrected chi connectivity index (χ0v) is 21.3. The number of ether oxygens (including phenoxy) is 1. The largest absolute Gasteiger partial charge is 0.494 e. The monoisotopic (exact) mass is 517 g/mol. The molecule has 0 spiro atoms. The Morgan fingerprint density at radius 3 is 2.57 bits per heavy atom. The SMILES string of the molecule is COc1cc(N2CCNCC2)ccc1Nc1ncc(Cl)c(Nc2ccccc2N(C)S(C)(=O)=O)n1. The van der Waals surface area contributed by atoms with Gasteiger partial charge < -0.3 is 25.6 Å². The molecule has 3 N–H and O–H groups in total. The summed E-state index contributed by atoms with van der Waals surface area (Å²) in [7, 11) is -0.350. The van der Waals surface area contributed by atoms with Crippen LogP contribution in [0.1, 0.15) is 0 Å². The van der Waals surface area contributed by atoms with Crippen LogP contribution in [0, 0.1) is 0 Å². The van der Waals surface area contributed by atoms with Gasteiger partial charge in [0.2, 0.25) is 16.0 Å². The molecule has 1 aliphatic rings. The van der Waals surface area contributed by atoms with Crippen molar-refractivity contribution >= 4 is 56.1 Å². The van der Waals surface area contributed by atoms with E-state index < -0.39 is 10.0 Å². The number of piperazine rings is 1. The fourth-order valence-electron chi connectivity index (χ4n) is 3.70. The predicted molar refractivity (Wildman–Crippen MR) is 141 cm³/mol. The first kappa shape index (κ1) is 24.8. The van der Waals surface area contributed by atoms with Crippen LogP contribution in [0.2, 0.25) is 5.02 Å². The normalized spacial score (nSPS) is 13.9. The maximum atomic E-state index is 12.1. The quantitative estimate of drug-likeness (QED) is 0.413. The van der Waals surface area contributed by atoms with Gasteiger partial charge in [0.05, 0.1) is 36.6 Å². The van der Waals surface area contributed by atoms with Crippen molar-refractivity contribution in [3.8, 4) is 5.75 Å². The third kappa shape index (κ3) is 5.87. The molecule has 0 aliphatic carbocycles. The summed E-state index contributed by atoms with van der Waals surface area (Å²) in [6.45, 7) is 3.75. The molecule has 1 aliphatic heterocycles. The predicted octanol–water partition coefficient (Wildman–Crippen LogP) is 3.43. The maximum Gasteiger partial charge on any atom is 0.232 e. The first-order chi connectivity index (χ1) is 16.8. The number of anilines is 6. The molecule has 10 nitrogen and oxygen atoms in total. The molecule has 35 heavy (non-hydrogen) atoms. The standard InChI is InChI=1S/C23H28ClN7O3S/c1-30(35(3,32)33)20-7-5-4-6-18(20)27-22-17(24)15-26-23(29-22)28-19-9-8-16(14-21(19)34-2)31-12-10-25-11-13-31/h4-9,14-15,25H,10-13H2,1-3H3,(H2,26,27,28,29). The molecule has 1 saturated heterocycles. The minimum atomic E-state index is -3.45. The zero-order chi connectivity index (χ0) is 25.0. The van der Waals surface area contributed by atoms with Gasteiger partial charge in [0, 0.05) is 45.0 Å². The number of benzene rings is 2. The Labute approximate surface area is 210 Å². The lowest BCUT2D eigenvalue weighted by Crippen LogP contribution is -2.43. The molecular weight excluding hydrogens is 490 g/mol. The second kappa shape index (κ2) is 10.5. The van der Waals surface area contributed by atoms with E-state index in [9.17, 15) is 8.42 Å². The molecule has 12 heteroatoms. The molecule has 3 aromatic rings. The maximum absolute atomic E-state index is 12.1. The third-order valence-corrected chi connectivity index (χ3v) is 7.12. The number of hydrogen-bond donors (Lipinski definition) is 3.